The summed E-state index contributed by atoms with van der Waals surface area (Å²) in [6.07, 6.45) is 1.32. The van der Waals surface area contributed by atoms with E-state index < -0.39 is 15.6 Å². The second kappa shape index (κ2) is 7.38. The molecule has 8 nitrogen and oxygen atoms in total. The van der Waals surface area contributed by atoms with E-state index in [4.69, 9.17) is 4.74 Å². The quantitative estimate of drug-likeness (QED) is 0.802. The summed E-state index contributed by atoms with van der Waals surface area (Å²) in [5.74, 6) is 0.530. The molecule has 0 atom stereocenters. The largest absolute Gasteiger partial charge is 0.444 e. The van der Waals surface area contributed by atoms with E-state index in [1.807, 2.05) is 20.8 Å². The molecule has 0 aliphatic carbocycles. The minimum atomic E-state index is -3.59. The third-order valence-electron chi connectivity index (χ3n) is 4.43. The summed E-state index contributed by atoms with van der Waals surface area (Å²) in [5.41, 5.74) is 0.0229. The van der Waals surface area contributed by atoms with Crippen LogP contribution in [0.15, 0.2) is 34.2 Å². The maximum absolute atomic E-state index is 12.3. The van der Waals surface area contributed by atoms with Gasteiger partial charge in [0.2, 0.25) is 5.96 Å². The van der Waals surface area contributed by atoms with Crippen molar-refractivity contribution >= 4 is 27.8 Å². The first-order valence-electron chi connectivity index (χ1n) is 9.05. The first-order valence-corrected chi connectivity index (χ1v) is 10.5. The summed E-state index contributed by atoms with van der Waals surface area (Å²) >= 11 is 0. The number of guanidine groups is 1. The number of nitrogens with zero attached hydrogens (tertiary/aromatic N) is 2. The van der Waals surface area contributed by atoms with Gasteiger partial charge < -0.3 is 15.0 Å². The van der Waals surface area contributed by atoms with Crippen LogP contribution in [0, 0.1) is 5.92 Å². The van der Waals surface area contributed by atoms with Gasteiger partial charge in [-0.25, -0.2) is 17.9 Å². The van der Waals surface area contributed by atoms with Crippen molar-refractivity contribution in [3.8, 4) is 0 Å². The predicted octanol–water partition coefficient (Wildman–Crippen LogP) is 2.39. The van der Waals surface area contributed by atoms with Crippen LogP contribution in [-0.4, -0.2) is 50.6 Å². The Morgan fingerprint density at radius 1 is 1.26 bits per heavy atom. The number of hydrogen-bond acceptors (Lipinski definition) is 5. The van der Waals surface area contributed by atoms with Crippen LogP contribution in [0.1, 0.15) is 33.6 Å². The van der Waals surface area contributed by atoms with Crippen molar-refractivity contribution in [1.29, 1.82) is 0 Å². The van der Waals surface area contributed by atoms with Gasteiger partial charge >= 0.3 is 6.09 Å². The van der Waals surface area contributed by atoms with Gasteiger partial charge in [-0.3, -0.25) is 4.99 Å². The first-order chi connectivity index (χ1) is 12.6. The van der Waals surface area contributed by atoms with Crippen molar-refractivity contribution in [1.82, 2.24) is 9.62 Å². The van der Waals surface area contributed by atoms with Gasteiger partial charge in [0.1, 0.15) is 10.5 Å². The number of nitrogens with one attached hydrogen (secondary N) is 2. The molecule has 2 aliphatic rings. The maximum Gasteiger partial charge on any atom is 0.410 e. The number of hydrogen-bond donors (Lipinski definition) is 2. The monoisotopic (exact) mass is 394 g/mol. The lowest BCUT2D eigenvalue weighted by Gasteiger charge is -2.33. The van der Waals surface area contributed by atoms with Crippen LogP contribution in [0.4, 0.5) is 10.5 Å². The Morgan fingerprint density at radius 2 is 1.93 bits per heavy atom. The highest BCUT2D eigenvalue weighted by molar-refractivity contribution is 7.90. The van der Waals surface area contributed by atoms with Crippen LogP contribution in [0.5, 0.6) is 0 Å². The summed E-state index contributed by atoms with van der Waals surface area (Å²) in [7, 11) is -3.59. The van der Waals surface area contributed by atoms with Crippen molar-refractivity contribution in [2.75, 3.05) is 25.0 Å². The molecule has 3 rings (SSSR count). The fourth-order valence-corrected chi connectivity index (χ4v) is 4.20. The molecule has 0 aromatic heterocycles. The molecule has 0 saturated carbocycles. The minimum Gasteiger partial charge on any atom is -0.444 e. The van der Waals surface area contributed by atoms with Crippen LogP contribution < -0.4 is 10.0 Å². The number of carbonyl (C=O) groups is 1. The molecule has 27 heavy (non-hydrogen) atoms. The summed E-state index contributed by atoms with van der Waals surface area (Å²) in [4.78, 5) is 18.4. The lowest BCUT2D eigenvalue weighted by molar-refractivity contribution is 0.0187. The molecule has 0 spiro atoms. The SMILES string of the molecule is CC(C)(C)OC(=O)N1CCC(CN=C2Nc3ccccc3S(=O)(=O)N2)CC1. The number of aliphatic imine (C=N–C) groups is 1. The Hall–Kier alpha value is -2.29. The molecular weight excluding hydrogens is 368 g/mol. The van der Waals surface area contributed by atoms with Crippen molar-refractivity contribution in [3.63, 3.8) is 0 Å². The van der Waals surface area contributed by atoms with E-state index >= 15 is 0 Å². The second-order valence-corrected chi connectivity index (χ2v) is 9.48. The zero-order chi connectivity index (χ0) is 19.7. The van der Waals surface area contributed by atoms with E-state index in [9.17, 15) is 13.2 Å². The fraction of sp³-hybridized carbons (Fsp3) is 0.556. The topological polar surface area (TPSA) is 100 Å². The zero-order valence-electron chi connectivity index (χ0n) is 15.9. The Balaban J connectivity index is 1.55. The third-order valence-corrected chi connectivity index (χ3v) is 5.83. The van der Waals surface area contributed by atoms with Crippen LogP contribution >= 0.6 is 0 Å². The van der Waals surface area contributed by atoms with E-state index in [0.29, 0.717) is 31.2 Å². The normalized spacial score (nSPS) is 21.1. The molecule has 0 bridgehead atoms. The summed E-state index contributed by atoms with van der Waals surface area (Å²) in [6.45, 7) is 7.28. The highest BCUT2D eigenvalue weighted by atomic mass is 32.2. The molecule has 2 N–H and O–H groups in total. The van der Waals surface area contributed by atoms with Crippen LogP contribution in [0.25, 0.3) is 0 Å². The maximum atomic E-state index is 12.3. The minimum absolute atomic E-state index is 0.217. The van der Waals surface area contributed by atoms with E-state index in [1.165, 1.54) is 0 Å². The van der Waals surface area contributed by atoms with E-state index in [-0.39, 0.29) is 16.9 Å². The molecule has 9 heteroatoms. The van der Waals surface area contributed by atoms with E-state index in [2.05, 4.69) is 15.0 Å². The molecular formula is C18H26N4O4S. The molecule has 1 saturated heterocycles. The highest BCUT2D eigenvalue weighted by Crippen LogP contribution is 2.24. The van der Waals surface area contributed by atoms with Gasteiger partial charge in [-0.2, -0.15) is 0 Å². The van der Waals surface area contributed by atoms with E-state index in [0.717, 1.165) is 12.8 Å². The molecule has 2 heterocycles. The Kier molecular flexibility index (Phi) is 5.32. The molecule has 1 fully saturated rings. The number of amides is 1. The van der Waals surface area contributed by atoms with Crippen LogP contribution in [0.2, 0.25) is 0 Å². The Bertz CT molecular complexity index is 837. The number of para-hydroxylation sites is 1. The summed E-state index contributed by atoms with van der Waals surface area (Å²) < 4.78 is 32.4. The number of benzene rings is 1. The number of piperidine rings is 1. The zero-order valence-corrected chi connectivity index (χ0v) is 16.7. The molecule has 2 aliphatic heterocycles. The first kappa shape index (κ1) is 19.5. The molecule has 148 valence electrons. The van der Waals surface area contributed by atoms with Gasteiger partial charge in [-0.05, 0) is 51.7 Å². The molecule has 0 unspecified atom stereocenters. The summed E-state index contributed by atoms with van der Waals surface area (Å²) in [6, 6.07) is 6.72. The van der Waals surface area contributed by atoms with Gasteiger partial charge in [0.05, 0.1) is 5.69 Å². The third kappa shape index (κ3) is 4.91. The highest BCUT2D eigenvalue weighted by Gasteiger charge is 2.28. The lowest BCUT2D eigenvalue weighted by Crippen LogP contribution is -2.43. The van der Waals surface area contributed by atoms with Crippen molar-refractivity contribution in [2.45, 2.75) is 44.1 Å². The van der Waals surface area contributed by atoms with E-state index in [1.54, 1.807) is 29.2 Å². The number of sulfonamides is 1. The molecule has 1 amide bonds. The average molecular weight is 394 g/mol. The molecule has 0 radical (unpaired) electrons. The van der Waals surface area contributed by atoms with Gasteiger partial charge in [0, 0.05) is 19.6 Å². The smallest absolute Gasteiger partial charge is 0.410 e. The van der Waals surface area contributed by atoms with Crippen molar-refractivity contribution < 1.29 is 17.9 Å². The van der Waals surface area contributed by atoms with Gasteiger partial charge in [0.25, 0.3) is 10.0 Å². The number of rotatable bonds is 2. The van der Waals surface area contributed by atoms with Crippen LogP contribution in [-0.2, 0) is 14.8 Å². The van der Waals surface area contributed by atoms with Gasteiger partial charge in [-0.15, -0.1) is 0 Å². The number of fused-ring (bicyclic) bond motifs is 1. The molecule has 1 aromatic carbocycles. The predicted molar refractivity (Wildman–Crippen MR) is 103 cm³/mol. The molecule has 1 aromatic rings. The van der Waals surface area contributed by atoms with Crippen molar-refractivity contribution in [3.05, 3.63) is 24.3 Å². The van der Waals surface area contributed by atoms with Gasteiger partial charge in [0.15, 0.2) is 0 Å². The van der Waals surface area contributed by atoms with Crippen LogP contribution in [0.3, 0.4) is 0 Å². The van der Waals surface area contributed by atoms with Crippen molar-refractivity contribution in [2.24, 2.45) is 10.9 Å². The number of carbonyl (C=O) groups excluding carboxylic acids is 1. The Labute approximate surface area is 160 Å². The summed E-state index contributed by atoms with van der Waals surface area (Å²) in [5, 5.41) is 3.02. The number of likely N-dealkylation sites (tertiary alicyclic amines) is 1. The number of ether oxygens (including phenoxy) is 1. The Morgan fingerprint density at radius 3 is 2.59 bits per heavy atom. The number of anilines is 1. The average Bonchev–Trinajstić information content (AvgIpc) is 2.58. The standard InChI is InChI=1S/C18H26N4O4S/c1-18(2,3)26-17(23)22-10-8-13(9-11-22)12-19-16-20-14-6-4-5-7-15(14)27(24,25)21-16/h4-7,13H,8-12H2,1-3H3,(H2,19,20,21). The fourth-order valence-electron chi connectivity index (χ4n) is 3.06. The second-order valence-electron chi connectivity index (χ2n) is 7.83. The lowest BCUT2D eigenvalue weighted by atomic mass is 9.97. The van der Waals surface area contributed by atoms with Gasteiger partial charge in [-0.1, -0.05) is 12.1 Å².